The maximum Gasteiger partial charge on any atom is 0.244 e. The van der Waals surface area contributed by atoms with E-state index in [9.17, 15) is 9.18 Å². The minimum Gasteiger partial charge on any atom is -0.370 e. The highest BCUT2D eigenvalue weighted by Gasteiger charge is 2.17. The number of nitrogens with two attached hydrogens (primary N) is 1. The van der Waals surface area contributed by atoms with Crippen LogP contribution in [0.3, 0.4) is 0 Å². The van der Waals surface area contributed by atoms with E-state index in [4.69, 9.17) is 5.73 Å². The standard InChI is InChI=1S/C14H13FN2O/c15-11-7-4-8-12(9-11)17-13(14(16)18)10-5-2-1-3-6-10/h1-9,13,17H,(H2,16,18). The molecule has 1 atom stereocenters. The van der Waals surface area contributed by atoms with Gasteiger partial charge in [0.2, 0.25) is 5.91 Å². The van der Waals surface area contributed by atoms with Gasteiger partial charge in [0, 0.05) is 5.69 Å². The average Bonchev–Trinajstić information content (AvgIpc) is 2.37. The molecule has 1 amide bonds. The molecule has 2 rings (SSSR count). The molecule has 0 aliphatic heterocycles. The molecular formula is C14H13FN2O. The lowest BCUT2D eigenvalue weighted by molar-refractivity contribution is -0.118. The van der Waals surface area contributed by atoms with Gasteiger partial charge in [-0.05, 0) is 23.8 Å². The van der Waals surface area contributed by atoms with Crippen LogP contribution in [0.5, 0.6) is 0 Å². The molecule has 3 nitrogen and oxygen atoms in total. The summed E-state index contributed by atoms with van der Waals surface area (Å²) in [6.45, 7) is 0. The first-order chi connectivity index (χ1) is 8.66. The number of halogens is 1. The number of carbonyl (C=O) groups excluding carboxylic acids is 1. The predicted molar refractivity (Wildman–Crippen MR) is 68.4 cm³/mol. The van der Waals surface area contributed by atoms with Gasteiger partial charge in [0.25, 0.3) is 0 Å². The molecule has 0 fully saturated rings. The Kier molecular flexibility index (Phi) is 3.57. The van der Waals surface area contributed by atoms with Crippen LogP contribution in [0.25, 0.3) is 0 Å². The molecule has 0 spiro atoms. The van der Waals surface area contributed by atoms with Gasteiger partial charge in [-0.15, -0.1) is 0 Å². The minimum absolute atomic E-state index is 0.365. The normalized spacial score (nSPS) is 11.8. The van der Waals surface area contributed by atoms with E-state index in [2.05, 4.69) is 5.32 Å². The van der Waals surface area contributed by atoms with Crippen LogP contribution in [0.2, 0.25) is 0 Å². The van der Waals surface area contributed by atoms with Crippen molar-refractivity contribution in [2.45, 2.75) is 6.04 Å². The molecule has 0 radical (unpaired) electrons. The number of nitrogens with one attached hydrogen (secondary N) is 1. The second-order valence-corrected chi connectivity index (χ2v) is 3.90. The molecule has 1 unspecified atom stereocenters. The van der Waals surface area contributed by atoms with Crippen LogP contribution in [0, 0.1) is 5.82 Å². The van der Waals surface area contributed by atoms with Gasteiger partial charge < -0.3 is 11.1 Å². The van der Waals surface area contributed by atoms with Crippen molar-refractivity contribution in [3.63, 3.8) is 0 Å². The van der Waals surface area contributed by atoms with Gasteiger partial charge in [0.15, 0.2) is 0 Å². The highest BCUT2D eigenvalue weighted by molar-refractivity contribution is 5.84. The molecule has 0 aliphatic carbocycles. The molecule has 2 aromatic carbocycles. The predicted octanol–water partition coefficient (Wildman–Crippen LogP) is 2.46. The van der Waals surface area contributed by atoms with Crippen LogP contribution in [0.15, 0.2) is 54.6 Å². The van der Waals surface area contributed by atoms with Crippen LogP contribution in [0.4, 0.5) is 10.1 Å². The van der Waals surface area contributed by atoms with E-state index in [1.54, 1.807) is 24.3 Å². The second kappa shape index (κ2) is 5.31. The summed E-state index contributed by atoms with van der Waals surface area (Å²) in [5, 5.41) is 2.92. The Morgan fingerprint density at radius 1 is 1.11 bits per heavy atom. The van der Waals surface area contributed by atoms with Crippen molar-refractivity contribution in [3.8, 4) is 0 Å². The zero-order chi connectivity index (χ0) is 13.0. The summed E-state index contributed by atoms with van der Waals surface area (Å²) >= 11 is 0. The molecule has 0 saturated heterocycles. The van der Waals surface area contributed by atoms with Crippen molar-refractivity contribution < 1.29 is 9.18 Å². The number of rotatable bonds is 4. The number of benzene rings is 2. The zero-order valence-corrected chi connectivity index (χ0v) is 9.64. The number of carbonyl (C=O) groups is 1. The molecule has 92 valence electrons. The summed E-state index contributed by atoms with van der Waals surface area (Å²) in [6.07, 6.45) is 0. The molecule has 0 saturated carbocycles. The molecule has 0 bridgehead atoms. The van der Waals surface area contributed by atoms with Gasteiger partial charge in [0.1, 0.15) is 11.9 Å². The Morgan fingerprint density at radius 2 is 1.83 bits per heavy atom. The van der Waals surface area contributed by atoms with Crippen molar-refractivity contribution in [2.75, 3.05) is 5.32 Å². The van der Waals surface area contributed by atoms with Crippen LogP contribution < -0.4 is 11.1 Å². The van der Waals surface area contributed by atoms with Crippen molar-refractivity contribution in [2.24, 2.45) is 5.73 Å². The molecule has 4 heteroatoms. The third kappa shape index (κ3) is 2.85. The fraction of sp³-hybridized carbons (Fsp3) is 0.0714. The lowest BCUT2D eigenvalue weighted by Gasteiger charge is -2.17. The van der Waals surface area contributed by atoms with Gasteiger partial charge in [-0.25, -0.2) is 4.39 Å². The summed E-state index contributed by atoms with van der Waals surface area (Å²) in [5.74, 6) is -0.873. The quantitative estimate of drug-likeness (QED) is 0.868. The summed E-state index contributed by atoms with van der Waals surface area (Å²) in [6, 6.07) is 14.3. The summed E-state index contributed by atoms with van der Waals surface area (Å²) in [5.41, 5.74) is 6.62. The first-order valence-corrected chi connectivity index (χ1v) is 5.53. The minimum atomic E-state index is -0.673. The molecule has 2 aromatic rings. The number of primary amides is 1. The fourth-order valence-corrected chi connectivity index (χ4v) is 1.71. The lowest BCUT2D eigenvalue weighted by atomic mass is 10.1. The van der Waals surface area contributed by atoms with E-state index in [1.165, 1.54) is 12.1 Å². The molecular weight excluding hydrogens is 231 g/mol. The monoisotopic (exact) mass is 244 g/mol. The summed E-state index contributed by atoms with van der Waals surface area (Å²) in [7, 11) is 0. The number of hydrogen-bond donors (Lipinski definition) is 2. The smallest absolute Gasteiger partial charge is 0.244 e. The molecule has 0 heterocycles. The SMILES string of the molecule is NC(=O)C(Nc1cccc(F)c1)c1ccccc1. The summed E-state index contributed by atoms with van der Waals surface area (Å²) < 4.78 is 13.1. The Balaban J connectivity index is 2.25. The van der Waals surface area contributed by atoms with Gasteiger partial charge in [-0.1, -0.05) is 36.4 Å². The van der Waals surface area contributed by atoms with Crippen LogP contribution in [-0.4, -0.2) is 5.91 Å². The maximum absolute atomic E-state index is 13.1. The van der Waals surface area contributed by atoms with Crippen molar-refractivity contribution in [1.82, 2.24) is 0 Å². The Hall–Kier alpha value is -2.36. The fourth-order valence-electron chi connectivity index (χ4n) is 1.71. The van der Waals surface area contributed by atoms with Gasteiger partial charge >= 0.3 is 0 Å². The first-order valence-electron chi connectivity index (χ1n) is 5.53. The molecule has 3 N–H and O–H groups in total. The number of anilines is 1. The Labute approximate surface area is 104 Å². The topological polar surface area (TPSA) is 55.1 Å². The van der Waals surface area contributed by atoms with Crippen LogP contribution >= 0.6 is 0 Å². The average molecular weight is 244 g/mol. The molecule has 0 aliphatic rings. The van der Waals surface area contributed by atoms with Crippen molar-refractivity contribution >= 4 is 11.6 Å². The van der Waals surface area contributed by atoms with Crippen molar-refractivity contribution in [1.29, 1.82) is 0 Å². The zero-order valence-electron chi connectivity index (χ0n) is 9.64. The largest absolute Gasteiger partial charge is 0.370 e. The van der Waals surface area contributed by atoms with E-state index in [0.29, 0.717) is 5.69 Å². The maximum atomic E-state index is 13.1. The molecule has 0 aromatic heterocycles. The third-order valence-corrected chi connectivity index (χ3v) is 2.55. The highest BCUT2D eigenvalue weighted by Crippen LogP contribution is 2.19. The van der Waals surface area contributed by atoms with Gasteiger partial charge in [-0.3, -0.25) is 4.79 Å². The second-order valence-electron chi connectivity index (χ2n) is 3.90. The number of amides is 1. The van der Waals surface area contributed by atoms with E-state index in [0.717, 1.165) is 5.56 Å². The number of hydrogen-bond acceptors (Lipinski definition) is 2. The van der Waals surface area contributed by atoms with Gasteiger partial charge in [-0.2, -0.15) is 0 Å². The lowest BCUT2D eigenvalue weighted by Crippen LogP contribution is -2.27. The first kappa shape index (κ1) is 12.1. The highest BCUT2D eigenvalue weighted by atomic mass is 19.1. The van der Waals surface area contributed by atoms with Crippen LogP contribution in [-0.2, 0) is 4.79 Å². The van der Waals surface area contributed by atoms with Crippen LogP contribution in [0.1, 0.15) is 11.6 Å². The van der Waals surface area contributed by atoms with E-state index >= 15 is 0 Å². The molecule has 18 heavy (non-hydrogen) atoms. The van der Waals surface area contributed by atoms with Gasteiger partial charge in [0.05, 0.1) is 0 Å². The van der Waals surface area contributed by atoms with E-state index < -0.39 is 11.9 Å². The van der Waals surface area contributed by atoms with E-state index in [1.807, 2.05) is 18.2 Å². The summed E-state index contributed by atoms with van der Waals surface area (Å²) in [4.78, 5) is 11.5. The third-order valence-electron chi connectivity index (χ3n) is 2.55. The Bertz CT molecular complexity index is 543. The Morgan fingerprint density at radius 3 is 2.44 bits per heavy atom. The van der Waals surface area contributed by atoms with E-state index in [-0.39, 0.29) is 5.82 Å². The van der Waals surface area contributed by atoms with Crippen molar-refractivity contribution in [3.05, 3.63) is 66.0 Å².